The van der Waals surface area contributed by atoms with Gasteiger partial charge in [0.25, 0.3) is 5.91 Å². The third-order valence-electron chi connectivity index (χ3n) is 7.22. The van der Waals surface area contributed by atoms with Crippen molar-refractivity contribution >= 4 is 29.2 Å². The Morgan fingerprint density at radius 3 is 2.56 bits per heavy atom. The number of likely N-dealkylation sites (N-methyl/N-ethyl adjacent to an activating group) is 1. The molecule has 0 saturated carbocycles. The van der Waals surface area contributed by atoms with E-state index in [9.17, 15) is 19.5 Å². The molecule has 0 bridgehead atoms. The summed E-state index contributed by atoms with van der Waals surface area (Å²) in [5, 5.41) is 19.5. The van der Waals surface area contributed by atoms with E-state index in [1.54, 1.807) is 50.9 Å². The Kier molecular flexibility index (Phi) is 9.28. The molecule has 11 heteroatoms. The minimum atomic E-state index is -0.478. The van der Waals surface area contributed by atoms with Gasteiger partial charge < -0.3 is 34.8 Å². The van der Waals surface area contributed by atoms with Crippen LogP contribution in [0.25, 0.3) is 0 Å². The second-order valence-corrected chi connectivity index (χ2v) is 10.6. The fraction of sp³-hybridized carbons (Fsp3) is 0.400. The number of aliphatic hydroxyl groups excluding tert-OH is 1. The standard InChI is InChI=1S/C30H37N5O6/c1-18-15-35(19(2)17-36)29(38)24-14-23(31-27(37)13-22-9-7-6-8-10-22)11-12-25(24)40-26(18)16-34(5)30(39)32-28-20(3)33-41-21(28)4/h6-12,14,18-19,26,36H,13,15-17H2,1-5H3,(H,31,37)(H,32,39)/t18-,19-,26-/m1/s1. The van der Waals surface area contributed by atoms with E-state index in [0.717, 1.165) is 5.56 Å². The highest BCUT2D eigenvalue weighted by atomic mass is 16.5. The van der Waals surface area contributed by atoms with E-state index in [-0.39, 0.29) is 48.9 Å². The van der Waals surface area contributed by atoms with Gasteiger partial charge in [0.2, 0.25) is 5.91 Å². The van der Waals surface area contributed by atoms with Crippen LogP contribution in [0.15, 0.2) is 53.1 Å². The number of amides is 4. The van der Waals surface area contributed by atoms with Crippen molar-refractivity contribution in [3.05, 3.63) is 71.1 Å². The summed E-state index contributed by atoms with van der Waals surface area (Å²) in [5.41, 5.74) is 2.70. The highest BCUT2D eigenvalue weighted by molar-refractivity contribution is 6.00. The molecule has 0 aliphatic carbocycles. The van der Waals surface area contributed by atoms with Crippen molar-refractivity contribution < 1.29 is 28.8 Å². The lowest BCUT2D eigenvalue weighted by molar-refractivity contribution is -0.115. The molecule has 1 aliphatic rings. The number of rotatable bonds is 8. The topological polar surface area (TPSA) is 137 Å². The van der Waals surface area contributed by atoms with Crippen LogP contribution < -0.4 is 15.4 Å². The minimum absolute atomic E-state index is 0.180. The monoisotopic (exact) mass is 563 g/mol. The predicted octanol–water partition coefficient (Wildman–Crippen LogP) is 3.86. The lowest BCUT2D eigenvalue weighted by atomic mass is 9.99. The second-order valence-electron chi connectivity index (χ2n) is 10.6. The van der Waals surface area contributed by atoms with Gasteiger partial charge >= 0.3 is 6.03 Å². The molecule has 0 fully saturated rings. The average molecular weight is 564 g/mol. The summed E-state index contributed by atoms with van der Waals surface area (Å²) in [4.78, 5) is 42.5. The summed E-state index contributed by atoms with van der Waals surface area (Å²) in [6.45, 7) is 7.49. The molecule has 0 spiro atoms. The van der Waals surface area contributed by atoms with Crippen LogP contribution in [0.5, 0.6) is 5.75 Å². The number of urea groups is 1. The van der Waals surface area contributed by atoms with Crippen LogP contribution >= 0.6 is 0 Å². The SMILES string of the molecule is Cc1noc(C)c1NC(=O)N(C)C[C@H]1Oc2ccc(NC(=O)Cc3ccccc3)cc2C(=O)N([C@H](C)CO)C[C@H]1C. The summed E-state index contributed by atoms with van der Waals surface area (Å²) in [6, 6.07) is 13.5. The molecule has 0 radical (unpaired) electrons. The number of hydrogen-bond donors (Lipinski definition) is 3. The summed E-state index contributed by atoms with van der Waals surface area (Å²) in [5.74, 6) is 0.138. The number of aromatic nitrogens is 1. The Hall–Kier alpha value is -4.38. The molecular weight excluding hydrogens is 526 g/mol. The zero-order valence-corrected chi connectivity index (χ0v) is 24.0. The molecule has 3 aromatic rings. The number of benzene rings is 2. The Balaban J connectivity index is 1.56. The van der Waals surface area contributed by atoms with Crippen LogP contribution in [0.1, 0.15) is 41.2 Å². The molecule has 3 N–H and O–H groups in total. The first-order valence-corrected chi connectivity index (χ1v) is 13.6. The minimum Gasteiger partial charge on any atom is -0.487 e. The highest BCUT2D eigenvalue weighted by Crippen LogP contribution is 2.31. The Bertz CT molecular complexity index is 1370. The van der Waals surface area contributed by atoms with Crippen molar-refractivity contribution in [2.24, 2.45) is 5.92 Å². The zero-order chi connectivity index (χ0) is 29.7. The van der Waals surface area contributed by atoms with E-state index in [1.165, 1.54) is 4.90 Å². The average Bonchev–Trinajstić information content (AvgIpc) is 3.27. The maximum absolute atomic E-state index is 13.7. The van der Waals surface area contributed by atoms with Gasteiger partial charge in [-0.15, -0.1) is 0 Å². The molecule has 11 nitrogen and oxygen atoms in total. The van der Waals surface area contributed by atoms with E-state index in [2.05, 4.69) is 15.8 Å². The number of carbonyl (C=O) groups is 3. The van der Waals surface area contributed by atoms with Crippen LogP contribution in [0.4, 0.5) is 16.2 Å². The number of anilines is 2. The highest BCUT2D eigenvalue weighted by Gasteiger charge is 2.34. The molecule has 4 rings (SSSR count). The largest absolute Gasteiger partial charge is 0.487 e. The van der Waals surface area contributed by atoms with Gasteiger partial charge in [-0.3, -0.25) is 9.59 Å². The Morgan fingerprint density at radius 1 is 1.17 bits per heavy atom. The third-order valence-corrected chi connectivity index (χ3v) is 7.22. The van der Waals surface area contributed by atoms with Crippen molar-refractivity contribution in [1.82, 2.24) is 15.0 Å². The maximum atomic E-state index is 13.7. The molecule has 41 heavy (non-hydrogen) atoms. The molecule has 1 aliphatic heterocycles. The molecule has 0 unspecified atom stereocenters. The van der Waals surface area contributed by atoms with Crippen molar-refractivity contribution in [3.8, 4) is 5.75 Å². The molecule has 4 amide bonds. The number of aliphatic hydroxyl groups is 1. The van der Waals surface area contributed by atoms with Gasteiger partial charge in [-0.25, -0.2) is 4.79 Å². The fourth-order valence-electron chi connectivity index (χ4n) is 4.72. The smallest absolute Gasteiger partial charge is 0.321 e. The van der Waals surface area contributed by atoms with Crippen molar-refractivity contribution in [1.29, 1.82) is 0 Å². The van der Waals surface area contributed by atoms with Crippen LogP contribution in [0.2, 0.25) is 0 Å². The number of nitrogens with zero attached hydrogens (tertiary/aromatic N) is 3. The van der Waals surface area contributed by atoms with Gasteiger partial charge in [0, 0.05) is 25.2 Å². The lowest BCUT2D eigenvalue weighted by Crippen LogP contribution is -2.50. The molecule has 2 heterocycles. The molecule has 1 aromatic heterocycles. The van der Waals surface area contributed by atoms with Crippen molar-refractivity contribution in [2.45, 2.75) is 46.3 Å². The quantitative estimate of drug-likeness (QED) is 0.379. The van der Waals surface area contributed by atoms with Crippen LogP contribution in [-0.2, 0) is 11.2 Å². The van der Waals surface area contributed by atoms with Gasteiger partial charge in [0.05, 0.1) is 31.2 Å². The van der Waals surface area contributed by atoms with Gasteiger partial charge in [-0.2, -0.15) is 0 Å². The first-order valence-electron chi connectivity index (χ1n) is 13.6. The van der Waals surface area contributed by atoms with Crippen LogP contribution in [0, 0.1) is 19.8 Å². The molecule has 2 aromatic carbocycles. The summed E-state index contributed by atoms with van der Waals surface area (Å²) in [7, 11) is 1.66. The third kappa shape index (κ3) is 7.04. The number of ether oxygens (including phenoxy) is 1. The first-order chi connectivity index (χ1) is 19.6. The van der Waals surface area contributed by atoms with E-state index >= 15 is 0 Å². The number of aryl methyl sites for hydroxylation is 2. The van der Waals surface area contributed by atoms with E-state index < -0.39 is 12.1 Å². The molecular formula is C30H37N5O6. The maximum Gasteiger partial charge on any atom is 0.321 e. The van der Waals surface area contributed by atoms with E-state index in [4.69, 9.17) is 9.26 Å². The number of carbonyl (C=O) groups excluding carboxylic acids is 3. The lowest BCUT2D eigenvalue weighted by Gasteiger charge is -2.38. The van der Waals surface area contributed by atoms with Crippen molar-refractivity contribution in [3.63, 3.8) is 0 Å². The van der Waals surface area contributed by atoms with Gasteiger partial charge in [-0.1, -0.05) is 42.4 Å². The molecule has 218 valence electrons. The Morgan fingerprint density at radius 2 is 1.90 bits per heavy atom. The summed E-state index contributed by atoms with van der Waals surface area (Å²) < 4.78 is 11.5. The van der Waals surface area contributed by atoms with Gasteiger partial charge in [0.15, 0.2) is 5.76 Å². The van der Waals surface area contributed by atoms with E-state index in [1.807, 2.05) is 37.3 Å². The van der Waals surface area contributed by atoms with E-state index in [0.29, 0.717) is 35.1 Å². The van der Waals surface area contributed by atoms with Crippen LogP contribution in [-0.4, -0.2) is 76.8 Å². The normalized spacial score (nSPS) is 17.5. The Labute approximate surface area is 239 Å². The molecule has 0 saturated heterocycles. The first kappa shape index (κ1) is 29.6. The van der Waals surface area contributed by atoms with Gasteiger partial charge in [-0.05, 0) is 44.5 Å². The zero-order valence-electron chi connectivity index (χ0n) is 24.0. The predicted molar refractivity (Wildman–Crippen MR) is 154 cm³/mol. The number of fused-ring (bicyclic) bond motifs is 1. The second kappa shape index (κ2) is 12.9. The summed E-state index contributed by atoms with van der Waals surface area (Å²) in [6.07, 6.45) is -0.285. The van der Waals surface area contributed by atoms with Crippen LogP contribution in [0.3, 0.4) is 0 Å². The molecule has 3 atom stereocenters. The number of hydrogen-bond acceptors (Lipinski definition) is 7. The van der Waals surface area contributed by atoms with Gasteiger partial charge in [0.1, 0.15) is 23.2 Å². The van der Waals surface area contributed by atoms with Crippen molar-refractivity contribution in [2.75, 3.05) is 37.4 Å². The number of nitrogens with one attached hydrogen (secondary N) is 2. The fourth-order valence-corrected chi connectivity index (χ4v) is 4.72. The summed E-state index contributed by atoms with van der Waals surface area (Å²) >= 11 is 0.